The van der Waals surface area contributed by atoms with Gasteiger partial charge in [-0.25, -0.2) is 5.43 Å². The van der Waals surface area contributed by atoms with Gasteiger partial charge in [-0.05, 0) is 57.9 Å². The zero-order valence-corrected chi connectivity index (χ0v) is 15.1. The van der Waals surface area contributed by atoms with Crippen LogP contribution < -0.4 is 15.5 Å². The molecule has 0 spiro atoms. The molecule has 2 aromatic rings. The minimum atomic E-state index is -0.393. The van der Waals surface area contributed by atoms with Crippen LogP contribution in [0.25, 0.3) is 0 Å². The summed E-state index contributed by atoms with van der Waals surface area (Å²) in [5.74, 6) is -0.300. The summed E-state index contributed by atoms with van der Waals surface area (Å²) in [5.41, 5.74) is 4.04. The van der Waals surface area contributed by atoms with Crippen LogP contribution in [0.2, 0.25) is 0 Å². The number of nitrogens with zero attached hydrogens (tertiary/aromatic N) is 1. The molecule has 0 radical (unpaired) electrons. The Labute approximate surface area is 152 Å². The highest BCUT2D eigenvalue weighted by Crippen LogP contribution is 2.34. The molecule has 0 aromatic heterocycles. The minimum absolute atomic E-state index is 0.0112. The summed E-state index contributed by atoms with van der Waals surface area (Å²) in [7, 11) is 1.44. The first-order valence-corrected chi connectivity index (χ1v) is 7.97. The van der Waals surface area contributed by atoms with Crippen LogP contribution in [0.3, 0.4) is 0 Å². The number of rotatable bonds is 5. The van der Waals surface area contributed by atoms with Gasteiger partial charge < -0.3 is 15.2 Å². The van der Waals surface area contributed by atoms with Gasteiger partial charge in [0.2, 0.25) is 5.91 Å². The Kier molecular flexibility index (Phi) is 6.13. The van der Waals surface area contributed by atoms with E-state index in [0.717, 1.165) is 0 Å². The zero-order valence-electron chi connectivity index (χ0n) is 13.5. The lowest BCUT2D eigenvalue weighted by molar-refractivity contribution is -0.114. The fourth-order valence-electron chi connectivity index (χ4n) is 1.96. The maximum Gasteiger partial charge on any atom is 0.271 e. The largest absolute Gasteiger partial charge is 0.503 e. The molecule has 0 unspecified atom stereocenters. The van der Waals surface area contributed by atoms with Gasteiger partial charge in [0.05, 0.1) is 17.8 Å². The Morgan fingerprint density at radius 1 is 1.24 bits per heavy atom. The van der Waals surface area contributed by atoms with Crippen LogP contribution >= 0.6 is 15.9 Å². The number of phenolic OH excluding ortho intramolecular Hbond substituents is 1. The number of anilines is 1. The summed E-state index contributed by atoms with van der Waals surface area (Å²) in [6, 6.07) is 9.63. The molecule has 0 aliphatic heterocycles. The number of hydrogen-bond acceptors (Lipinski definition) is 5. The summed E-state index contributed by atoms with van der Waals surface area (Å²) in [5, 5.41) is 16.3. The number of hydrogen-bond donors (Lipinski definition) is 3. The van der Waals surface area contributed by atoms with Crippen LogP contribution in [0.1, 0.15) is 22.8 Å². The number of amides is 2. The predicted molar refractivity (Wildman–Crippen MR) is 98.2 cm³/mol. The van der Waals surface area contributed by atoms with Gasteiger partial charge >= 0.3 is 0 Å². The van der Waals surface area contributed by atoms with Crippen molar-refractivity contribution in [3.05, 3.63) is 52.0 Å². The van der Waals surface area contributed by atoms with Crippen molar-refractivity contribution in [2.24, 2.45) is 5.10 Å². The molecule has 0 bridgehead atoms. The molecule has 25 heavy (non-hydrogen) atoms. The lowest BCUT2D eigenvalue weighted by atomic mass is 10.2. The standard InChI is InChI=1S/C17H16BrN3O4/c1-10(22)20-13-5-3-12(4-6-13)17(24)21-19-9-11-7-14(18)16(23)15(8-11)25-2/h3-9,23H,1-2H3,(H,20,22)(H,21,24)/b19-9-. The third-order valence-electron chi connectivity index (χ3n) is 3.12. The van der Waals surface area contributed by atoms with Gasteiger partial charge in [-0.2, -0.15) is 5.10 Å². The van der Waals surface area contributed by atoms with Crippen molar-refractivity contribution < 1.29 is 19.4 Å². The predicted octanol–water partition coefficient (Wildman–Crippen LogP) is 2.89. The third kappa shape index (κ3) is 5.05. The van der Waals surface area contributed by atoms with Gasteiger partial charge in [-0.15, -0.1) is 0 Å². The molecule has 0 saturated heterocycles. The number of carbonyl (C=O) groups excluding carboxylic acids is 2. The lowest BCUT2D eigenvalue weighted by Crippen LogP contribution is -2.17. The van der Waals surface area contributed by atoms with Crippen molar-refractivity contribution >= 4 is 39.6 Å². The molecule has 2 aromatic carbocycles. The molecular formula is C17H16BrN3O4. The fourth-order valence-corrected chi connectivity index (χ4v) is 2.42. The fraction of sp³-hybridized carbons (Fsp3) is 0.118. The number of halogens is 1. The quantitative estimate of drug-likeness (QED) is 0.525. The number of aromatic hydroxyl groups is 1. The number of carbonyl (C=O) groups is 2. The number of hydrazone groups is 1. The molecule has 0 aliphatic carbocycles. The number of ether oxygens (including phenoxy) is 1. The Hall–Kier alpha value is -2.87. The van der Waals surface area contributed by atoms with E-state index in [1.54, 1.807) is 36.4 Å². The summed E-state index contributed by atoms with van der Waals surface area (Å²) in [6.45, 7) is 1.41. The van der Waals surface area contributed by atoms with E-state index >= 15 is 0 Å². The van der Waals surface area contributed by atoms with Gasteiger partial charge in [0.25, 0.3) is 5.91 Å². The normalized spacial score (nSPS) is 10.5. The molecule has 0 atom stereocenters. The van der Waals surface area contributed by atoms with Crippen molar-refractivity contribution in [1.29, 1.82) is 0 Å². The first-order valence-electron chi connectivity index (χ1n) is 7.18. The van der Waals surface area contributed by atoms with Crippen LogP contribution in [0.5, 0.6) is 11.5 Å². The Bertz CT molecular complexity index is 819. The molecule has 0 heterocycles. The first kappa shape index (κ1) is 18.5. The van der Waals surface area contributed by atoms with Crippen molar-refractivity contribution in [2.75, 3.05) is 12.4 Å². The highest BCUT2D eigenvalue weighted by Gasteiger charge is 2.08. The topological polar surface area (TPSA) is 100 Å². The Morgan fingerprint density at radius 3 is 2.52 bits per heavy atom. The van der Waals surface area contributed by atoms with Crippen LogP contribution in [-0.4, -0.2) is 30.2 Å². The average Bonchev–Trinajstić information content (AvgIpc) is 2.57. The number of nitrogens with one attached hydrogen (secondary N) is 2. The van der Waals surface area contributed by atoms with E-state index in [1.165, 1.54) is 20.2 Å². The van der Waals surface area contributed by atoms with Crippen LogP contribution in [0.4, 0.5) is 5.69 Å². The molecule has 130 valence electrons. The second kappa shape index (κ2) is 8.29. The van der Waals surface area contributed by atoms with E-state index in [0.29, 0.717) is 21.3 Å². The third-order valence-corrected chi connectivity index (χ3v) is 3.72. The van der Waals surface area contributed by atoms with Gasteiger partial charge in [0.15, 0.2) is 11.5 Å². The smallest absolute Gasteiger partial charge is 0.271 e. The summed E-state index contributed by atoms with van der Waals surface area (Å²) >= 11 is 3.21. The Balaban J connectivity index is 2.03. The lowest BCUT2D eigenvalue weighted by Gasteiger charge is -2.06. The Morgan fingerprint density at radius 2 is 1.92 bits per heavy atom. The number of phenols is 1. The molecule has 0 aliphatic rings. The molecule has 3 N–H and O–H groups in total. The minimum Gasteiger partial charge on any atom is -0.503 e. The number of benzene rings is 2. The van der Waals surface area contributed by atoms with Crippen LogP contribution in [-0.2, 0) is 4.79 Å². The highest BCUT2D eigenvalue weighted by molar-refractivity contribution is 9.10. The molecular weight excluding hydrogens is 390 g/mol. The summed E-state index contributed by atoms with van der Waals surface area (Å²) in [4.78, 5) is 23.0. The van der Waals surface area contributed by atoms with E-state index in [9.17, 15) is 14.7 Å². The van der Waals surface area contributed by atoms with Crippen molar-refractivity contribution in [2.45, 2.75) is 6.92 Å². The van der Waals surface area contributed by atoms with E-state index in [-0.39, 0.29) is 17.4 Å². The van der Waals surface area contributed by atoms with E-state index in [4.69, 9.17) is 4.74 Å². The maximum atomic E-state index is 12.0. The molecule has 0 fully saturated rings. The molecule has 7 nitrogen and oxygen atoms in total. The number of methoxy groups -OCH3 is 1. The summed E-state index contributed by atoms with van der Waals surface area (Å²) in [6.07, 6.45) is 1.43. The monoisotopic (exact) mass is 405 g/mol. The first-order chi connectivity index (χ1) is 11.9. The van der Waals surface area contributed by atoms with Gasteiger partial charge in [0.1, 0.15) is 0 Å². The highest BCUT2D eigenvalue weighted by atomic mass is 79.9. The molecule has 2 amide bonds. The van der Waals surface area contributed by atoms with Crippen LogP contribution in [0, 0.1) is 0 Å². The molecule has 2 rings (SSSR count). The maximum absolute atomic E-state index is 12.0. The van der Waals surface area contributed by atoms with Crippen molar-refractivity contribution in [1.82, 2.24) is 5.43 Å². The average molecular weight is 406 g/mol. The SMILES string of the molecule is COc1cc(/C=N\NC(=O)c2ccc(NC(C)=O)cc2)cc(Br)c1O. The van der Waals surface area contributed by atoms with Crippen LogP contribution in [0.15, 0.2) is 46.0 Å². The van der Waals surface area contributed by atoms with Crippen molar-refractivity contribution in [3.63, 3.8) is 0 Å². The molecule has 8 heteroatoms. The van der Waals surface area contributed by atoms with E-state index in [1.807, 2.05) is 0 Å². The van der Waals surface area contributed by atoms with Gasteiger partial charge in [-0.1, -0.05) is 0 Å². The van der Waals surface area contributed by atoms with Crippen molar-refractivity contribution in [3.8, 4) is 11.5 Å². The van der Waals surface area contributed by atoms with Gasteiger partial charge in [0, 0.05) is 18.2 Å². The van der Waals surface area contributed by atoms with E-state index in [2.05, 4.69) is 31.8 Å². The second-order valence-electron chi connectivity index (χ2n) is 5.01. The molecule has 0 saturated carbocycles. The second-order valence-corrected chi connectivity index (χ2v) is 5.87. The summed E-state index contributed by atoms with van der Waals surface area (Å²) < 4.78 is 5.49. The zero-order chi connectivity index (χ0) is 18.4. The van der Waals surface area contributed by atoms with E-state index < -0.39 is 5.91 Å². The van der Waals surface area contributed by atoms with Gasteiger partial charge in [-0.3, -0.25) is 9.59 Å².